The lowest BCUT2D eigenvalue weighted by Crippen LogP contribution is -2.55. The number of hydrogen-bond donors (Lipinski definition) is 1. The van der Waals surface area contributed by atoms with Crippen molar-refractivity contribution in [3.63, 3.8) is 0 Å². The topological polar surface area (TPSA) is 18.5 Å². The number of nitrogens with one attached hydrogen (secondary N) is 1. The first-order chi connectivity index (χ1) is 9.13. The van der Waals surface area contributed by atoms with E-state index in [0.29, 0.717) is 12.1 Å². The fraction of sp³-hybridized carbons (Fsp3) is 1.00. The van der Waals surface area contributed by atoms with Gasteiger partial charge in [0.2, 0.25) is 0 Å². The SMILES string of the molecule is CCCC(NCC)C(CC)N1CCCC(N(C)C)C1. The second kappa shape index (κ2) is 8.93. The van der Waals surface area contributed by atoms with Crippen molar-refractivity contribution in [2.75, 3.05) is 33.7 Å². The fourth-order valence-electron chi connectivity index (χ4n) is 3.51. The molecule has 0 aromatic carbocycles. The number of rotatable bonds is 8. The fourth-order valence-corrected chi connectivity index (χ4v) is 3.51. The highest BCUT2D eigenvalue weighted by Crippen LogP contribution is 2.21. The molecule has 0 aromatic rings. The summed E-state index contributed by atoms with van der Waals surface area (Å²) >= 11 is 0. The molecule has 0 aromatic heterocycles. The van der Waals surface area contributed by atoms with Crippen LogP contribution in [0.25, 0.3) is 0 Å². The van der Waals surface area contributed by atoms with E-state index in [9.17, 15) is 0 Å². The van der Waals surface area contributed by atoms with E-state index in [4.69, 9.17) is 0 Å². The van der Waals surface area contributed by atoms with Crippen molar-refractivity contribution in [3.8, 4) is 0 Å². The van der Waals surface area contributed by atoms with Crippen molar-refractivity contribution in [3.05, 3.63) is 0 Å². The maximum absolute atomic E-state index is 3.72. The van der Waals surface area contributed by atoms with Gasteiger partial charge in [0.15, 0.2) is 0 Å². The average molecular weight is 269 g/mol. The van der Waals surface area contributed by atoms with E-state index < -0.39 is 0 Å². The normalized spacial score (nSPS) is 24.6. The molecule has 1 aliphatic heterocycles. The largest absolute Gasteiger partial charge is 0.313 e. The van der Waals surface area contributed by atoms with Crippen LogP contribution in [-0.2, 0) is 0 Å². The minimum absolute atomic E-state index is 0.668. The Morgan fingerprint density at radius 2 is 2.00 bits per heavy atom. The summed E-state index contributed by atoms with van der Waals surface area (Å²) in [6.45, 7) is 10.5. The molecule has 1 aliphatic rings. The smallest absolute Gasteiger partial charge is 0.0247 e. The molecule has 1 fully saturated rings. The van der Waals surface area contributed by atoms with Crippen LogP contribution in [0.15, 0.2) is 0 Å². The Balaban J connectivity index is 2.65. The quantitative estimate of drug-likeness (QED) is 0.730. The maximum atomic E-state index is 3.72. The molecule has 0 spiro atoms. The van der Waals surface area contributed by atoms with Crippen molar-refractivity contribution in [2.45, 2.75) is 71.0 Å². The van der Waals surface area contributed by atoms with Gasteiger partial charge in [0.05, 0.1) is 0 Å². The van der Waals surface area contributed by atoms with Crippen LogP contribution in [0.4, 0.5) is 0 Å². The number of piperidine rings is 1. The third-order valence-electron chi connectivity index (χ3n) is 4.58. The molecule has 3 atom stereocenters. The van der Waals surface area contributed by atoms with E-state index in [-0.39, 0.29) is 0 Å². The van der Waals surface area contributed by atoms with Crippen LogP contribution in [0, 0.1) is 0 Å². The summed E-state index contributed by atoms with van der Waals surface area (Å²) in [5, 5.41) is 3.72. The summed E-state index contributed by atoms with van der Waals surface area (Å²) in [5.41, 5.74) is 0. The molecule has 0 saturated carbocycles. The molecule has 1 N–H and O–H groups in total. The van der Waals surface area contributed by atoms with Crippen LogP contribution in [0.5, 0.6) is 0 Å². The highest BCUT2D eigenvalue weighted by molar-refractivity contribution is 4.88. The van der Waals surface area contributed by atoms with Crippen LogP contribution in [0.1, 0.15) is 52.9 Å². The van der Waals surface area contributed by atoms with Crippen LogP contribution in [0.3, 0.4) is 0 Å². The lowest BCUT2D eigenvalue weighted by atomic mass is 9.95. The number of likely N-dealkylation sites (N-methyl/N-ethyl adjacent to an activating group) is 2. The Kier molecular flexibility index (Phi) is 7.96. The third-order valence-corrected chi connectivity index (χ3v) is 4.58. The van der Waals surface area contributed by atoms with Gasteiger partial charge >= 0.3 is 0 Å². The van der Waals surface area contributed by atoms with Crippen molar-refractivity contribution >= 4 is 0 Å². The van der Waals surface area contributed by atoms with Crippen LogP contribution in [-0.4, -0.2) is 61.7 Å². The first-order valence-corrected chi connectivity index (χ1v) is 8.27. The minimum atomic E-state index is 0.668. The van der Waals surface area contributed by atoms with E-state index in [1.54, 1.807) is 0 Å². The lowest BCUT2D eigenvalue weighted by Gasteiger charge is -2.43. The molecule has 1 heterocycles. The van der Waals surface area contributed by atoms with Gasteiger partial charge in [0.1, 0.15) is 0 Å². The van der Waals surface area contributed by atoms with Gasteiger partial charge in [-0.3, -0.25) is 4.90 Å². The second-order valence-electron chi connectivity index (χ2n) is 6.18. The Bertz CT molecular complexity index is 224. The van der Waals surface area contributed by atoms with Crippen molar-refractivity contribution in [2.24, 2.45) is 0 Å². The first kappa shape index (κ1) is 16.9. The molecule has 114 valence electrons. The predicted octanol–water partition coefficient (Wildman–Crippen LogP) is 2.57. The zero-order valence-corrected chi connectivity index (χ0v) is 13.8. The third kappa shape index (κ3) is 5.05. The summed E-state index contributed by atoms with van der Waals surface area (Å²) in [5.74, 6) is 0. The van der Waals surface area contributed by atoms with Crippen LogP contribution >= 0.6 is 0 Å². The first-order valence-electron chi connectivity index (χ1n) is 8.27. The molecule has 3 nitrogen and oxygen atoms in total. The maximum Gasteiger partial charge on any atom is 0.0247 e. The Labute approximate surface area is 120 Å². The molecule has 19 heavy (non-hydrogen) atoms. The van der Waals surface area contributed by atoms with Crippen LogP contribution < -0.4 is 5.32 Å². The number of likely N-dealkylation sites (tertiary alicyclic amines) is 1. The van der Waals surface area contributed by atoms with E-state index in [1.165, 1.54) is 45.2 Å². The summed E-state index contributed by atoms with van der Waals surface area (Å²) in [7, 11) is 4.45. The van der Waals surface area contributed by atoms with E-state index in [1.807, 2.05) is 0 Å². The number of nitrogens with zero attached hydrogens (tertiary/aromatic N) is 2. The van der Waals surface area contributed by atoms with E-state index >= 15 is 0 Å². The van der Waals surface area contributed by atoms with Gasteiger partial charge in [-0.2, -0.15) is 0 Å². The zero-order valence-electron chi connectivity index (χ0n) is 13.8. The van der Waals surface area contributed by atoms with Crippen molar-refractivity contribution < 1.29 is 0 Å². The Hall–Kier alpha value is -0.120. The summed E-state index contributed by atoms with van der Waals surface area (Å²) in [4.78, 5) is 5.15. The molecule has 1 rings (SSSR count). The van der Waals surface area contributed by atoms with Gasteiger partial charge in [0, 0.05) is 24.7 Å². The highest BCUT2D eigenvalue weighted by Gasteiger charge is 2.30. The monoisotopic (exact) mass is 269 g/mol. The zero-order chi connectivity index (χ0) is 14.3. The molecule has 1 saturated heterocycles. The molecule has 0 bridgehead atoms. The van der Waals surface area contributed by atoms with Gasteiger partial charge in [-0.1, -0.05) is 27.2 Å². The van der Waals surface area contributed by atoms with E-state index in [2.05, 4.69) is 50.0 Å². The number of hydrogen-bond acceptors (Lipinski definition) is 3. The Morgan fingerprint density at radius 1 is 1.26 bits per heavy atom. The predicted molar refractivity (Wildman–Crippen MR) is 84.7 cm³/mol. The molecule has 3 unspecified atom stereocenters. The molecule has 0 radical (unpaired) electrons. The average Bonchev–Trinajstić information content (AvgIpc) is 2.40. The van der Waals surface area contributed by atoms with E-state index in [0.717, 1.165) is 12.6 Å². The molecule has 0 amide bonds. The molecule has 0 aliphatic carbocycles. The van der Waals surface area contributed by atoms with Gasteiger partial charge < -0.3 is 10.2 Å². The summed E-state index contributed by atoms with van der Waals surface area (Å²) in [6, 6.07) is 2.12. The Morgan fingerprint density at radius 3 is 2.53 bits per heavy atom. The highest BCUT2D eigenvalue weighted by atomic mass is 15.2. The lowest BCUT2D eigenvalue weighted by molar-refractivity contribution is 0.0739. The van der Waals surface area contributed by atoms with Gasteiger partial charge in [0.25, 0.3) is 0 Å². The standard InChI is InChI=1S/C16H35N3/c1-6-10-15(17-8-3)16(7-2)19-12-9-11-14(13-19)18(4)5/h14-17H,6-13H2,1-5H3. The van der Waals surface area contributed by atoms with Gasteiger partial charge in [-0.25, -0.2) is 0 Å². The second-order valence-corrected chi connectivity index (χ2v) is 6.18. The van der Waals surface area contributed by atoms with Gasteiger partial charge in [-0.05, 0) is 52.9 Å². The minimum Gasteiger partial charge on any atom is -0.313 e. The van der Waals surface area contributed by atoms with Crippen LogP contribution in [0.2, 0.25) is 0 Å². The summed E-state index contributed by atoms with van der Waals surface area (Å²) < 4.78 is 0. The van der Waals surface area contributed by atoms with Gasteiger partial charge in [-0.15, -0.1) is 0 Å². The molecular weight excluding hydrogens is 234 g/mol. The molecular formula is C16H35N3. The van der Waals surface area contributed by atoms with Crippen molar-refractivity contribution in [1.82, 2.24) is 15.1 Å². The van der Waals surface area contributed by atoms with Crippen molar-refractivity contribution in [1.29, 1.82) is 0 Å². The summed E-state index contributed by atoms with van der Waals surface area (Å²) in [6.07, 6.45) is 6.55. The molecule has 3 heteroatoms.